The van der Waals surface area contributed by atoms with Crippen LogP contribution in [0.5, 0.6) is 11.6 Å². The third-order valence-electron chi connectivity index (χ3n) is 2.02. The molecule has 0 saturated carbocycles. The van der Waals surface area contributed by atoms with Crippen molar-refractivity contribution >= 4 is 37.8 Å². The second-order valence-electron chi connectivity index (χ2n) is 3.23. The van der Waals surface area contributed by atoms with Crippen molar-refractivity contribution in [2.45, 2.75) is 0 Å². The van der Waals surface area contributed by atoms with Crippen LogP contribution in [0.4, 0.5) is 0 Å². The number of ether oxygens (including phenoxy) is 1. The van der Waals surface area contributed by atoms with Gasteiger partial charge < -0.3 is 9.84 Å². The van der Waals surface area contributed by atoms with Crippen molar-refractivity contribution in [2.75, 3.05) is 0 Å². The van der Waals surface area contributed by atoms with Gasteiger partial charge in [0.05, 0.1) is 14.5 Å². The molecule has 0 fully saturated rings. The molecule has 0 radical (unpaired) electrons. The second-order valence-corrected chi connectivity index (χ2v) is 4.94. The molecule has 1 aromatic carbocycles. The monoisotopic (exact) mass is 372 g/mol. The van der Waals surface area contributed by atoms with Crippen molar-refractivity contribution < 1.29 is 14.6 Å². The summed E-state index contributed by atoms with van der Waals surface area (Å²) in [7, 11) is 0. The Morgan fingerprint density at radius 2 is 2.06 bits per heavy atom. The van der Waals surface area contributed by atoms with Crippen LogP contribution in [0.3, 0.4) is 0 Å². The first-order chi connectivity index (χ1) is 8.58. The smallest absolute Gasteiger partial charge is 0.335 e. The minimum atomic E-state index is -1.02. The molecule has 1 aromatic heterocycles. The molecule has 18 heavy (non-hydrogen) atoms. The van der Waals surface area contributed by atoms with Gasteiger partial charge in [-0.3, -0.25) is 0 Å². The van der Waals surface area contributed by atoms with Crippen molar-refractivity contribution in [1.82, 2.24) is 9.97 Å². The number of nitrogens with zero attached hydrogens (tertiary/aromatic N) is 2. The normalized spacial score (nSPS) is 10.1. The van der Waals surface area contributed by atoms with E-state index in [1.807, 2.05) is 0 Å². The van der Waals surface area contributed by atoms with Crippen LogP contribution in [-0.2, 0) is 0 Å². The van der Waals surface area contributed by atoms with Crippen molar-refractivity contribution in [2.24, 2.45) is 0 Å². The molecule has 0 aliphatic rings. The van der Waals surface area contributed by atoms with Gasteiger partial charge in [0, 0.05) is 6.20 Å². The molecule has 0 aliphatic carbocycles. The number of rotatable bonds is 3. The minimum Gasteiger partial charge on any atom is -0.478 e. The van der Waals surface area contributed by atoms with Gasteiger partial charge in [0.1, 0.15) is 12.1 Å². The van der Waals surface area contributed by atoms with E-state index in [1.54, 1.807) is 6.07 Å². The van der Waals surface area contributed by atoms with E-state index < -0.39 is 5.97 Å². The summed E-state index contributed by atoms with van der Waals surface area (Å²) in [5.41, 5.74) is 0.137. The summed E-state index contributed by atoms with van der Waals surface area (Å²) in [5, 5.41) is 8.92. The Bertz CT molecular complexity index is 605. The van der Waals surface area contributed by atoms with Crippen LogP contribution in [0.2, 0.25) is 0 Å². The number of hydrogen-bond acceptors (Lipinski definition) is 4. The highest BCUT2D eigenvalue weighted by Gasteiger charge is 2.11. The number of halogens is 2. The Labute approximate surface area is 119 Å². The van der Waals surface area contributed by atoms with Crippen LogP contribution >= 0.6 is 31.9 Å². The van der Waals surface area contributed by atoms with Gasteiger partial charge in [0.25, 0.3) is 0 Å². The fraction of sp³-hybridized carbons (Fsp3) is 0. The van der Waals surface area contributed by atoms with Gasteiger partial charge in [-0.25, -0.2) is 14.8 Å². The number of carboxylic acids is 1. The Morgan fingerprint density at radius 1 is 1.28 bits per heavy atom. The van der Waals surface area contributed by atoms with Crippen molar-refractivity contribution in [3.63, 3.8) is 0 Å². The molecular formula is C11H6Br2N2O3. The standard InChI is InChI=1S/C11H6Br2N2O3/c12-7-2-1-6(11(16)17)3-9(7)18-10-8(13)4-14-5-15-10/h1-5H,(H,16,17). The number of hydrogen-bond donors (Lipinski definition) is 1. The average molecular weight is 374 g/mol. The van der Waals surface area contributed by atoms with Crippen LogP contribution in [0.25, 0.3) is 0 Å². The van der Waals surface area contributed by atoms with Gasteiger partial charge in [0.15, 0.2) is 0 Å². The van der Waals surface area contributed by atoms with E-state index in [-0.39, 0.29) is 5.56 Å². The first-order valence-corrected chi connectivity index (χ1v) is 6.32. The zero-order chi connectivity index (χ0) is 13.1. The Balaban J connectivity index is 2.37. The highest BCUT2D eigenvalue weighted by molar-refractivity contribution is 9.11. The highest BCUT2D eigenvalue weighted by atomic mass is 79.9. The number of aromatic carboxylic acids is 1. The molecule has 0 unspecified atom stereocenters. The lowest BCUT2D eigenvalue weighted by Crippen LogP contribution is -1.97. The van der Waals surface area contributed by atoms with Crippen LogP contribution in [0, 0.1) is 0 Å². The quantitative estimate of drug-likeness (QED) is 0.891. The summed E-state index contributed by atoms with van der Waals surface area (Å²) in [4.78, 5) is 18.6. The maximum absolute atomic E-state index is 10.9. The highest BCUT2D eigenvalue weighted by Crippen LogP contribution is 2.32. The second kappa shape index (κ2) is 5.45. The molecule has 5 nitrogen and oxygen atoms in total. The lowest BCUT2D eigenvalue weighted by molar-refractivity contribution is 0.0696. The number of benzene rings is 1. The Morgan fingerprint density at radius 3 is 2.72 bits per heavy atom. The van der Waals surface area contributed by atoms with E-state index in [4.69, 9.17) is 9.84 Å². The maximum Gasteiger partial charge on any atom is 0.335 e. The molecule has 0 aliphatic heterocycles. The molecule has 0 atom stereocenters. The Hall–Kier alpha value is -1.47. The van der Waals surface area contributed by atoms with E-state index in [2.05, 4.69) is 41.8 Å². The molecule has 7 heteroatoms. The number of carbonyl (C=O) groups is 1. The fourth-order valence-electron chi connectivity index (χ4n) is 1.20. The molecule has 0 amide bonds. The van der Waals surface area contributed by atoms with Crippen molar-refractivity contribution in [1.29, 1.82) is 0 Å². The predicted molar refractivity (Wildman–Crippen MR) is 70.9 cm³/mol. The Kier molecular flexibility index (Phi) is 3.93. The zero-order valence-corrected chi connectivity index (χ0v) is 12.0. The van der Waals surface area contributed by atoms with Crippen LogP contribution < -0.4 is 4.74 Å². The fourth-order valence-corrected chi connectivity index (χ4v) is 1.82. The summed E-state index contributed by atoms with van der Waals surface area (Å²) in [6.45, 7) is 0. The van der Waals surface area contributed by atoms with E-state index in [0.717, 1.165) is 0 Å². The summed E-state index contributed by atoms with van der Waals surface area (Å²) in [5.74, 6) is -0.336. The van der Waals surface area contributed by atoms with E-state index in [9.17, 15) is 4.79 Å². The van der Waals surface area contributed by atoms with Crippen LogP contribution in [-0.4, -0.2) is 21.0 Å². The van der Waals surface area contributed by atoms with E-state index >= 15 is 0 Å². The SMILES string of the molecule is O=C(O)c1ccc(Br)c(Oc2ncncc2Br)c1. The third-order valence-corrected chi connectivity index (χ3v) is 3.22. The van der Waals surface area contributed by atoms with Gasteiger partial charge in [-0.1, -0.05) is 0 Å². The first kappa shape index (κ1) is 13.0. The van der Waals surface area contributed by atoms with Crippen LogP contribution in [0.15, 0.2) is 39.7 Å². The maximum atomic E-state index is 10.9. The summed E-state index contributed by atoms with van der Waals surface area (Å²) in [6, 6.07) is 4.50. The lowest BCUT2D eigenvalue weighted by atomic mass is 10.2. The molecule has 92 valence electrons. The van der Waals surface area contributed by atoms with Gasteiger partial charge in [-0.2, -0.15) is 0 Å². The summed E-state index contributed by atoms with van der Waals surface area (Å²) < 4.78 is 6.74. The van der Waals surface area contributed by atoms with Gasteiger partial charge in [-0.05, 0) is 50.1 Å². The molecule has 1 N–H and O–H groups in total. The third kappa shape index (κ3) is 2.85. The summed E-state index contributed by atoms with van der Waals surface area (Å²) in [6.07, 6.45) is 2.88. The van der Waals surface area contributed by atoms with Gasteiger partial charge in [-0.15, -0.1) is 0 Å². The van der Waals surface area contributed by atoms with Gasteiger partial charge in [0.2, 0.25) is 5.88 Å². The largest absolute Gasteiger partial charge is 0.478 e. The lowest BCUT2D eigenvalue weighted by Gasteiger charge is -2.08. The molecule has 2 rings (SSSR count). The average Bonchev–Trinajstić information content (AvgIpc) is 2.34. The summed E-state index contributed by atoms with van der Waals surface area (Å²) >= 11 is 6.53. The van der Waals surface area contributed by atoms with Crippen molar-refractivity contribution in [3.8, 4) is 11.6 Å². The minimum absolute atomic E-state index is 0.137. The molecule has 0 bridgehead atoms. The number of aromatic nitrogens is 2. The molecule has 0 spiro atoms. The molecule has 1 heterocycles. The molecule has 2 aromatic rings. The van der Waals surface area contributed by atoms with Crippen molar-refractivity contribution in [3.05, 3.63) is 45.2 Å². The van der Waals surface area contributed by atoms with E-state index in [0.29, 0.717) is 20.6 Å². The first-order valence-electron chi connectivity index (χ1n) is 4.74. The van der Waals surface area contributed by atoms with Gasteiger partial charge >= 0.3 is 5.97 Å². The molecule has 0 saturated heterocycles. The van der Waals surface area contributed by atoms with Crippen LogP contribution in [0.1, 0.15) is 10.4 Å². The number of carboxylic acid groups (broad SMARTS) is 1. The topological polar surface area (TPSA) is 72.3 Å². The zero-order valence-electron chi connectivity index (χ0n) is 8.80. The molecular weight excluding hydrogens is 368 g/mol. The predicted octanol–water partition coefficient (Wildman–Crippen LogP) is 3.49. The van der Waals surface area contributed by atoms with E-state index in [1.165, 1.54) is 24.7 Å².